The van der Waals surface area contributed by atoms with Gasteiger partial charge in [-0.3, -0.25) is 9.59 Å². The number of aromatic nitrogens is 1. The van der Waals surface area contributed by atoms with Crippen molar-refractivity contribution in [3.05, 3.63) is 80.6 Å². The third-order valence-electron chi connectivity index (χ3n) is 5.77. The monoisotopic (exact) mass is 388 g/mol. The van der Waals surface area contributed by atoms with E-state index >= 15 is 0 Å². The molecule has 5 rings (SSSR count). The molecule has 1 aliphatic heterocycles. The fraction of sp³-hybridized carbons (Fsp3) is 0.217. The minimum absolute atomic E-state index is 0.0177. The van der Waals surface area contributed by atoms with Gasteiger partial charge in [-0.2, -0.15) is 0 Å². The predicted molar refractivity (Wildman–Crippen MR) is 114 cm³/mol. The van der Waals surface area contributed by atoms with Gasteiger partial charge in [0, 0.05) is 22.2 Å². The fourth-order valence-electron chi connectivity index (χ4n) is 4.32. The van der Waals surface area contributed by atoms with Crippen molar-refractivity contribution in [1.29, 1.82) is 0 Å². The lowest BCUT2D eigenvalue weighted by molar-refractivity contribution is -0.134. The topological polar surface area (TPSA) is 42.3 Å². The first-order valence-corrected chi connectivity index (χ1v) is 10.4. The Labute approximate surface area is 166 Å². The average Bonchev–Trinajstić information content (AvgIpc) is 3.21. The van der Waals surface area contributed by atoms with E-state index in [-0.39, 0.29) is 23.9 Å². The molecule has 0 radical (unpaired) electrons. The number of benzene rings is 2. The van der Waals surface area contributed by atoms with Gasteiger partial charge in [-0.05, 0) is 54.6 Å². The third-order valence-corrected chi connectivity index (χ3v) is 6.77. The summed E-state index contributed by atoms with van der Waals surface area (Å²) in [6, 6.07) is 17.3. The maximum atomic E-state index is 13.3. The molecule has 0 aliphatic carbocycles. The highest BCUT2D eigenvalue weighted by atomic mass is 32.1. The lowest BCUT2D eigenvalue weighted by Crippen LogP contribution is -2.40. The minimum atomic E-state index is 0.0177. The van der Waals surface area contributed by atoms with E-state index in [0.29, 0.717) is 10.8 Å². The molecule has 0 saturated heterocycles. The lowest BCUT2D eigenvalue weighted by Gasteiger charge is -2.34. The number of para-hydroxylation sites is 2. The van der Waals surface area contributed by atoms with Crippen LogP contribution in [0.5, 0.6) is 0 Å². The molecule has 0 bridgehead atoms. The van der Waals surface area contributed by atoms with Crippen LogP contribution in [0.15, 0.2) is 64.8 Å². The summed E-state index contributed by atoms with van der Waals surface area (Å²) < 4.78 is 1.99. The molecule has 5 heteroatoms. The molecule has 2 aromatic heterocycles. The highest BCUT2D eigenvalue weighted by Crippen LogP contribution is 2.33. The van der Waals surface area contributed by atoms with E-state index in [1.54, 1.807) is 11.3 Å². The largest absolute Gasteiger partial charge is 0.334 e. The Hall–Kier alpha value is -2.92. The normalized spacial score (nSPS) is 16.5. The van der Waals surface area contributed by atoms with Gasteiger partial charge in [-0.25, -0.2) is 0 Å². The SMILES string of the molecule is CC1c2ccsc2CCN1C(=O)Cn1c2ccccc2c(=O)c2ccccc21. The quantitative estimate of drug-likeness (QED) is 0.479. The van der Waals surface area contributed by atoms with Crippen LogP contribution in [0.2, 0.25) is 0 Å². The highest BCUT2D eigenvalue weighted by Gasteiger charge is 2.28. The highest BCUT2D eigenvalue weighted by molar-refractivity contribution is 7.10. The molecule has 1 amide bonds. The molecule has 0 N–H and O–H groups in total. The van der Waals surface area contributed by atoms with E-state index < -0.39 is 0 Å². The van der Waals surface area contributed by atoms with Crippen LogP contribution in [0.25, 0.3) is 21.8 Å². The number of carbonyl (C=O) groups excluding carboxylic acids is 1. The molecule has 1 atom stereocenters. The van der Waals surface area contributed by atoms with Crippen LogP contribution < -0.4 is 5.43 Å². The Kier molecular flexibility index (Phi) is 4.05. The predicted octanol–water partition coefficient (Wildman–Crippen LogP) is 4.36. The maximum absolute atomic E-state index is 13.3. The first-order valence-electron chi connectivity index (χ1n) is 9.51. The average molecular weight is 388 g/mol. The second-order valence-electron chi connectivity index (χ2n) is 7.26. The fourth-order valence-corrected chi connectivity index (χ4v) is 5.29. The third kappa shape index (κ3) is 2.58. The molecule has 0 fully saturated rings. The van der Waals surface area contributed by atoms with Crippen LogP contribution in [0.4, 0.5) is 0 Å². The summed E-state index contributed by atoms with van der Waals surface area (Å²) in [7, 11) is 0. The zero-order chi connectivity index (χ0) is 19.3. The van der Waals surface area contributed by atoms with E-state index in [2.05, 4.69) is 18.4 Å². The second kappa shape index (κ2) is 6.60. The zero-order valence-corrected chi connectivity index (χ0v) is 16.4. The number of hydrogen-bond donors (Lipinski definition) is 0. The number of rotatable bonds is 2. The Balaban J connectivity index is 1.61. The van der Waals surface area contributed by atoms with E-state index in [0.717, 1.165) is 24.0 Å². The summed E-state index contributed by atoms with van der Waals surface area (Å²) in [5.74, 6) is 0.0864. The van der Waals surface area contributed by atoms with E-state index in [9.17, 15) is 9.59 Å². The summed E-state index contributed by atoms with van der Waals surface area (Å²) in [4.78, 5) is 29.5. The Morgan fingerprint density at radius 2 is 1.68 bits per heavy atom. The Morgan fingerprint density at radius 3 is 2.36 bits per heavy atom. The van der Waals surface area contributed by atoms with Gasteiger partial charge in [-0.15, -0.1) is 11.3 Å². The molecular formula is C23H20N2O2S. The molecule has 0 saturated carbocycles. The zero-order valence-electron chi connectivity index (χ0n) is 15.6. The second-order valence-corrected chi connectivity index (χ2v) is 8.26. The van der Waals surface area contributed by atoms with Crippen molar-refractivity contribution in [2.45, 2.75) is 25.9 Å². The molecule has 2 aromatic carbocycles. The number of pyridine rings is 1. The van der Waals surface area contributed by atoms with Gasteiger partial charge in [0.1, 0.15) is 6.54 Å². The smallest absolute Gasteiger partial charge is 0.243 e. The van der Waals surface area contributed by atoms with Crippen LogP contribution in [0, 0.1) is 0 Å². The number of fused-ring (bicyclic) bond motifs is 3. The number of thiophene rings is 1. The molecule has 3 heterocycles. The van der Waals surface area contributed by atoms with Crippen molar-refractivity contribution in [3.63, 3.8) is 0 Å². The van der Waals surface area contributed by atoms with Crippen LogP contribution in [-0.4, -0.2) is 21.9 Å². The van der Waals surface area contributed by atoms with Crippen molar-refractivity contribution in [2.24, 2.45) is 0 Å². The van der Waals surface area contributed by atoms with Gasteiger partial charge in [0.05, 0.1) is 17.1 Å². The molecule has 4 nitrogen and oxygen atoms in total. The van der Waals surface area contributed by atoms with Crippen molar-refractivity contribution in [1.82, 2.24) is 9.47 Å². The van der Waals surface area contributed by atoms with Gasteiger partial charge in [0.15, 0.2) is 5.43 Å². The Bertz CT molecular complexity index is 1210. The summed E-state index contributed by atoms with van der Waals surface area (Å²) in [5.41, 5.74) is 2.89. The number of carbonyl (C=O) groups is 1. The van der Waals surface area contributed by atoms with Crippen molar-refractivity contribution in [3.8, 4) is 0 Å². The maximum Gasteiger partial charge on any atom is 0.243 e. The molecule has 4 aromatic rings. The van der Waals surface area contributed by atoms with E-state index in [1.165, 1.54) is 10.4 Å². The summed E-state index contributed by atoms with van der Waals surface area (Å²) in [6.45, 7) is 3.07. The minimum Gasteiger partial charge on any atom is -0.334 e. The first kappa shape index (κ1) is 17.2. The summed E-state index contributed by atoms with van der Waals surface area (Å²) in [5, 5.41) is 3.42. The van der Waals surface area contributed by atoms with Gasteiger partial charge in [-0.1, -0.05) is 24.3 Å². The van der Waals surface area contributed by atoms with Gasteiger partial charge < -0.3 is 9.47 Å². The van der Waals surface area contributed by atoms with Crippen LogP contribution in [-0.2, 0) is 17.8 Å². The summed E-state index contributed by atoms with van der Waals surface area (Å²) in [6.07, 6.45) is 0.911. The number of hydrogen-bond acceptors (Lipinski definition) is 3. The van der Waals surface area contributed by atoms with Gasteiger partial charge >= 0.3 is 0 Å². The van der Waals surface area contributed by atoms with Crippen molar-refractivity contribution in [2.75, 3.05) is 6.54 Å². The van der Waals surface area contributed by atoms with Crippen molar-refractivity contribution < 1.29 is 4.79 Å². The van der Waals surface area contributed by atoms with E-state index in [1.807, 2.05) is 58.0 Å². The van der Waals surface area contributed by atoms with Crippen LogP contribution in [0.1, 0.15) is 23.4 Å². The molecule has 1 aliphatic rings. The molecule has 140 valence electrons. The lowest BCUT2D eigenvalue weighted by atomic mass is 10.0. The van der Waals surface area contributed by atoms with Gasteiger partial charge in [0.25, 0.3) is 0 Å². The summed E-state index contributed by atoms with van der Waals surface area (Å²) >= 11 is 1.77. The Morgan fingerprint density at radius 1 is 1.04 bits per heavy atom. The number of nitrogens with zero attached hydrogens (tertiary/aromatic N) is 2. The molecular weight excluding hydrogens is 368 g/mol. The van der Waals surface area contributed by atoms with Crippen LogP contribution in [0.3, 0.4) is 0 Å². The van der Waals surface area contributed by atoms with E-state index in [4.69, 9.17) is 0 Å². The standard InChI is InChI=1S/C23H20N2O2S/c1-15-16-11-13-28-21(16)10-12-24(15)22(26)14-25-19-8-4-2-6-17(19)23(27)18-7-3-5-9-20(18)25/h2-9,11,13,15H,10,12,14H2,1H3. The number of amides is 1. The van der Waals surface area contributed by atoms with Crippen molar-refractivity contribution >= 4 is 39.0 Å². The molecule has 28 heavy (non-hydrogen) atoms. The van der Waals surface area contributed by atoms with Crippen LogP contribution >= 0.6 is 11.3 Å². The van der Waals surface area contributed by atoms with Gasteiger partial charge in [0.2, 0.25) is 5.91 Å². The molecule has 0 spiro atoms. The molecule has 1 unspecified atom stereocenters. The first-order chi connectivity index (χ1) is 13.6.